The third-order valence-corrected chi connectivity index (χ3v) is 5.88. The first-order valence-corrected chi connectivity index (χ1v) is 8.95. The van der Waals surface area contributed by atoms with Gasteiger partial charge in [-0.1, -0.05) is 12.5 Å². The smallest absolute Gasteiger partial charge is 0.251 e. The van der Waals surface area contributed by atoms with Gasteiger partial charge in [-0.05, 0) is 38.0 Å². The van der Waals surface area contributed by atoms with Crippen molar-refractivity contribution < 1.29 is 18.0 Å². The molecule has 0 aliphatic carbocycles. The molecule has 1 heterocycles. The van der Waals surface area contributed by atoms with E-state index in [9.17, 15) is 18.0 Å². The number of primary amides is 1. The minimum atomic E-state index is -3.64. The Bertz CT molecular complexity index is 702. The number of piperidine rings is 1. The van der Waals surface area contributed by atoms with E-state index in [-0.39, 0.29) is 23.0 Å². The summed E-state index contributed by atoms with van der Waals surface area (Å²) in [5, 5.41) is 2.34. The lowest BCUT2D eigenvalue weighted by Gasteiger charge is -2.32. The van der Waals surface area contributed by atoms with E-state index in [0.717, 1.165) is 19.3 Å². The van der Waals surface area contributed by atoms with E-state index >= 15 is 0 Å². The van der Waals surface area contributed by atoms with Crippen LogP contribution in [-0.4, -0.2) is 43.7 Å². The number of sulfonamides is 1. The van der Waals surface area contributed by atoms with Gasteiger partial charge in [-0.3, -0.25) is 9.59 Å². The third kappa shape index (κ3) is 4.08. The van der Waals surface area contributed by atoms with Crippen molar-refractivity contribution in [1.82, 2.24) is 9.62 Å². The molecule has 2 amide bonds. The number of carbonyl (C=O) groups excluding carboxylic acids is 2. The number of amides is 2. The fraction of sp³-hybridized carbons (Fsp3) is 0.467. The average molecular weight is 339 g/mol. The van der Waals surface area contributed by atoms with Crippen LogP contribution in [-0.2, 0) is 14.8 Å². The van der Waals surface area contributed by atoms with Gasteiger partial charge in [-0.25, -0.2) is 8.42 Å². The first kappa shape index (κ1) is 17.4. The molecule has 1 aromatic rings. The highest BCUT2D eigenvalue weighted by molar-refractivity contribution is 7.89. The molecule has 0 spiro atoms. The molecule has 1 aromatic carbocycles. The minimum Gasteiger partial charge on any atom is -0.368 e. The summed E-state index contributed by atoms with van der Waals surface area (Å²) in [6.45, 7) is 2.08. The molecule has 2 rings (SSSR count). The first-order chi connectivity index (χ1) is 10.8. The summed E-state index contributed by atoms with van der Waals surface area (Å²) in [6.07, 6.45) is 2.68. The van der Waals surface area contributed by atoms with Gasteiger partial charge in [-0.2, -0.15) is 4.31 Å². The van der Waals surface area contributed by atoms with Crippen molar-refractivity contribution in [3.8, 4) is 0 Å². The molecule has 1 saturated heterocycles. The van der Waals surface area contributed by atoms with E-state index < -0.39 is 21.8 Å². The van der Waals surface area contributed by atoms with E-state index in [1.165, 1.54) is 28.6 Å². The Balaban J connectivity index is 2.24. The third-order valence-electron chi connectivity index (χ3n) is 3.87. The van der Waals surface area contributed by atoms with Crippen molar-refractivity contribution in [2.45, 2.75) is 37.1 Å². The van der Waals surface area contributed by atoms with Crippen LogP contribution < -0.4 is 11.1 Å². The van der Waals surface area contributed by atoms with Crippen LogP contribution in [0.1, 0.15) is 36.5 Å². The first-order valence-electron chi connectivity index (χ1n) is 7.51. The van der Waals surface area contributed by atoms with E-state index in [2.05, 4.69) is 5.32 Å². The molecule has 7 nitrogen and oxygen atoms in total. The Morgan fingerprint density at radius 1 is 1.35 bits per heavy atom. The van der Waals surface area contributed by atoms with Gasteiger partial charge >= 0.3 is 0 Å². The highest BCUT2D eigenvalue weighted by Crippen LogP contribution is 2.25. The number of hydrogen-bond acceptors (Lipinski definition) is 4. The standard InChI is InChI=1S/C15H21N3O4S/c1-11-5-2-3-8-18(11)23(21,22)13-7-4-6-12(9-13)15(20)17-10-14(16)19/h4,6-7,9,11H,2-3,5,8,10H2,1H3,(H2,16,19)(H,17,20)/t11-/m0/s1. The lowest BCUT2D eigenvalue weighted by molar-refractivity contribution is -0.117. The lowest BCUT2D eigenvalue weighted by Crippen LogP contribution is -2.42. The summed E-state index contributed by atoms with van der Waals surface area (Å²) in [5.41, 5.74) is 5.15. The van der Waals surface area contributed by atoms with Crippen molar-refractivity contribution in [3.05, 3.63) is 29.8 Å². The monoisotopic (exact) mass is 339 g/mol. The Morgan fingerprint density at radius 3 is 2.74 bits per heavy atom. The Hall–Kier alpha value is -1.93. The molecular weight excluding hydrogens is 318 g/mol. The molecule has 0 saturated carbocycles. The number of nitrogens with zero attached hydrogens (tertiary/aromatic N) is 1. The van der Waals surface area contributed by atoms with Gasteiger partial charge in [0.05, 0.1) is 11.4 Å². The molecule has 0 bridgehead atoms. The van der Waals surface area contributed by atoms with Gasteiger partial charge in [0.15, 0.2) is 0 Å². The SMILES string of the molecule is C[C@H]1CCCCN1S(=O)(=O)c1cccc(C(=O)NCC(N)=O)c1. The van der Waals surface area contributed by atoms with Gasteiger partial charge in [0.25, 0.3) is 5.91 Å². The number of benzene rings is 1. The van der Waals surface area contributed by atoms with Gasteiger partial charge < -0.3 is 11.1 Å². The number of carbonyl (C=O) groups is 2. The van der Waals surface area contributed by atoms with Crippen LogP contribution in [0.5, 0.6) is 0 Å². The zero-order valence-electron chi connectivity index (χ0n) is 13.0. The molecule has 1 aliphatic rings. The second-order valence-corrected chi connectivity index (χ2v) is 7.53. The van der Waals surface area contributed by atoms with Crippen molar-refractivity contribution in [3.63, 3.8) is 0 Å². The van der Waals surface area contributed by atoms with Crippen LogP contribution in [0.4, 0.5) is 0 Å². The summed E-state index contributed by atoms with van der Waals surface area (Å²) in [5.74, 6) is -1.20. The van der Waals surface area contributed by atoms with Crippen LogP contribution in [0, 0.1) is 0 Å². The highest BCUT2D eigenvalue weighted by Gasteiger charge is 2.31. The van der Waals surface area contributed by atoms with Crippen molar-refractivity contribution in [2.24, 2.45) is 5.73 Å². The maximum atomic E-state index is 12.8. The van der Waals surface area contributed by atoms with E-state index in [0.29, 0.717) is 6.54 Å². The fourth-order valence-electron chi connectivity index (χ4n) is 2.63. The van der Waals surface area contributed by atoms with E-state index in [1.54, 1.807) is 0 Å². The van der Waals surface area contributed by atoms with Gasteiger partial charge in [0.1, 0.15) is 0 Å². The summed E-state index contributed by atoms with van der Waals surface area (Å²) < 4.78 is 27.0. The number of rotatable bonds is 5. The average Bonchev–Trinajstić information content (AvgIpc) is 2.53. The van der Waals surface area contributed by atoms with Crippen LogP contribution in [0.2, 0.25) is 0 Å². The molecule has 23 heavy (non-hydrogen) atoms. The van der Waals surface area contributed by atoms with E-state index in [4.69, 9.17) is 5.73 Å². The fourth-order valence-corrected chi connectivity index (χ4v) is 4.38. The molecule has 0 unspecified atom stereocenters. The highest BCUT2D eigenvalue weighted by atomic mass is 32.2. The summed E-state index contributed by atoms with van der Waals surface area (Å²) in [4.78, 5) is 22.7. The number of nitrogens with one attached hydrogen (secondary N) is 1. The van der Waals surface area contributed by atoms with Crippen LogP contribution in [0.3, 0.4) is 0 Å². The van der Waals surface area contributed by atoms with Crippen LogP contribution in [0.15, 0.2) is 29.2 Å². The number of hydrogen-bond donors (Lipinski definition) is 2. The molecule has 126 valence electrons. The molecule has 1 fully saturated rings. The van der Waals surface area contributed by atoms with Gasteiger partial charge in [-0.15, -0.1) is 0 Å². The Kier molecular flexibility index (Phi) is 5.38. The molecule has 0 aromatic heterocycles. The molecule has 1 aliphatic heterocycles. The molecular formula is C15H21N3O4S. The molecule has 8 heteroatoms. The normalized spacial score (nSPS) is 19.3. The van der Waals surface area contributed by atoms with Crippen LogP contribution in [0.25, 0.3) is 0 Å². The summed E-state index contributed by atoms with van der Waals surface area (Å²) in [7, 11) is -3.64. The Labute approximate surface area is 135 Å². The summed E-state index contributed by atoms with van der Waals surface area (Å²) >= 11 is 0. The second kappa shape index (κ2) is 7.10. The second-order valence-electron chi connectivity index (χ2n) is 5.64. The van der Waals surface area contributed by atoms with Crippen molar-refractivity contribution >= 4 is 21.8 Å². The molecule has 0 radical (unpaired) electrons. The van der Waals surface area contributed by atoms with Crippen molar-refractivity contribution in [1.29, 1.82) is 0 Å². The minimum absolute atomic E-state index is 0.0545. The quantitative estimate of drug-likeness (QED) is 0.812. The van der Waals surface area contributed by atoms with Gasteiger partial charge in [0.2, 0.25) is 15.9 Å². The topological polar surface area (TPSA) is 110 Å². The summed E-state index contributed by atoms with van der Waals surface area (Å²) in [6, 6.07) is 5.76. The lowest BCUT2D eigenvalue weighted by atomic mass is 10.1. The largest absolute Gasteiger partial charge is 0.368 e. The van der Waals surface area contributed by atoms with Crippen LogP contribution >= 0.6 is 0 Å². The zero-order chi connectivity index (χ0) is 17.0. The predicted octanol–water partition coefficient (Wildman–Crippen LogP) is 0.465. The zero-order valence-corrected chi connectivity index (χ0v) is 13.8. The molecule has 3 N–H and O–H groups in total. The maximum Gasteiger partial charge on any atom is 0.251 e. The van der Waals surface area contributed by atoms with E-state index in [1.807, 2.05) is 6.92 Å². The maximum absolute atomic E-state index is 12.8. The van der Waals surface area contributed by atoms with Gasteiger partial charge in [0, 0.05) is 18.2 Å². The molecule has 1 atom stereocenters. The predicted molar refractivity (Wildman–Crippen MR) is 85.2 cm³/mol. The number of nitrogens with two attached hydrogens (primary N) is 1. The van der Waals surface area contributed by atoms with Crippen molar-refractivity contribution in [2.75, 3.05) is 13.1 Å². The Morgan fingerprint density at radius 2 is 2.09 bits per heavy atom.